The van der Waals surface area contributed by atoms with Crippen molar-refractivity contribution < 1.29 is 23.9 Å². The molecule has 5 rings (SSSR count). The Hall–Kier alpha value is -2.71. The number of methoxy groups -OCH3 is 1. The maximum absolute atomic E-state index is 14.0. The first-order chi connectivity index (χ1) is 18.2. The van der Waals surface area contributed by atoms with Crippen LogP contribution in [0, 0.1) is 37.5 Å². The molecule has 0 unspecified atom stereocenters. The van der Waals surface area contributed by atoms with Crippen LogP contribution in [-0.4, -0.2) is 66.7 Å². The van der Waals surface area contributed by atoms with Crippen molar-refractivity contribution in [2.45, 2.75) is 77.2 Å². The Kier molecular flexibility index (Phi) is 7.40. The molecule has 3 aliphatic heterocycles. The summed E-state index contributed by atoms with van der Waals surface area (Å²) in [5.74, 6) is -1.21. The molecule has 2 bridgehead atoms. The third-order valence-electron chi connectivity index (χ3n) is 9.48. The summed E-state index contributed by atoms with van der Waals surface area (Å²) in [6.45, 7) is 9.29. The maximum atomic E-state index is 14.0. The zero-order valence-electron chi connectivity index (χ0n) is 23.2. The molecule has 8 heteroatoms. The molecule has 1 aromatic rings. The van der Waals surface area contributed by atoms with Crippen molar-refractivity contribution in [2.24, 2.45) is 23.7 Å². The van der Waals surface area contributed by atoms with Crippen LogP contribution in [0.1, 0.15) is 50.7 Å². The second-order valence-corrected chi connectivity index (χ2v) is 11.7. The highest BCUT2D eigenvalue weighted by Gasteiger charge is 2.72. The van der Waals surface area contributed by atoms with Crippen LogP contribution >= 0.6 is 0 Å². The van der Waals surface area contributed by atoms with Gasteiger partial charge in [0.15, 0.2) is 0 Å². The van der Waals surface area contributed by atoms with Crippen LogP contribution in [-0.2, 0) is 23.9 Å². The first-order valence-corrected chi connectivity index (χ1v) is 14.0. The number of benzene rings is 1. The van der Waals surface area contributed by atoms with Gasteiger partial charge in [0.2, 0.25) is 17.7 Å². The lowest BCUT2D eigenvalue weighted by Gasteiger charge is -2.38. The van der Waals surface area contributed by atoms with Gasteiger partial charge in [-0.25, -0.2) is 0 Å². The van der Waals surface area contributed by atoms with E-state index in [4.69, 9.17) is 9.47 Å². The second kappa shape index (κ2) is 10.5. The van der Waals surface area contributed by atoms with Gasteiger partial charge >= 0.3 is 0 Å². The summed E-state index contributed by atoms with van der Waals surface area (Å²) < 4.78 is 11.7. The van der Waals surface area contributed by atoms with Crippen LogP contribution < -0.4 is 10.6 Å². The Morgan fingerprint density at radius 3 is 2.68 bits per heavy atom. The number of ether oxygens (including phenoxy) is 2. The number of nitrogens with zero attached hydrogens (tertiary/aromatic N) is 1. The number of anilines is 1. The van der Waals surface area contributed by atoms with Gasteiger partial charge in [-0.15, -0.1) is 0 Å². The lowest BCUT2D eigenvalue weighted by Crippen LogP contribution is -2.58. The minimum Gasteiger partial charge on any atom is -0.385 e. The van der Waals surface area contributed by atoms with Crippen molar-refractivity contribution >= 4 is 23.4 Å². The minimum absolute atomic E-state index is 0.0593. The highest BCUT2D eigenvalue weighted by atomic mass is 16.5. The highest BCUT2D eigenvalue weighted by molar-refractivity contribution is 6.02. The molecule has 8 nitrogen and oxygen atoms in total. The molecule has 3 heterocycles. The number of likely N-dealkylation sites (tertiary alicyclic amines) is 1. The van der Waals surface area contributed by atoms with Crippen molar-refractivity contribution in [3.05, 3.63) is 41.5 Å². The lowest BCUT2D eigenvalue weighted by atomic mass is 9.73. The molecule has 38 heavy (non-hydrogen) atoms. The van der Waals surface area contributed by atoms with Gasteiger partial charge in [0.1, 0.15) is 11.6 Å². The van der Waals surface area contributed by atoms with E-state index in [2.05, 4.69) is 24.5 Å². The average molecular weight is 524 g/mol. The lowest BCUT2D eigenvalue weighted by molar-refractivity contribution is -0.141. The molecular formula is C30H41N3O5. The fourth-order valence-corrected chi connectivity index (χ4v) is 6.98. The van der Waals surface area contributed by atoms with Crippen LogP contribution in [0.2, 0.25) is 0 Å². The molecule has 1 saturated carbocycles. The molecule has 0 aromatic heterocycles. The van der Waals surface area contributed by atoms with E-state index < -0.39 is 29.6 Å². The van der Waals surface area contributed by atoms with Crippen molar-refractivity contribution in [2.75, 3.05) is 25.6 Å². The van der Waals surface area contributed by atoms with Gasteiger partial charge in [-0.3, -0.25) is 14.4 Å². The summed E-state index contributed by atoms with van der Waals surface area (Å²) in [6.07, 6.45) is 6.95. The number of carbonyl (C=O) groups is 3. The first-order valence-electron chi connectivity index (χ1n) is 14.0. The standard InChI is InChI=1S/C30H41N3O5/c1-17-10-11-21(16-19(17)3)31-27(34)24-23-12-13-30(38-23)25(24)29(36)33(14-7-15-37-5)26(30)28(35)32-22-9-6-8-18(2)20(22)4/h10-13,16,18,20,22-26H,6-9,14-15H2,1-5H3,(H,31,34)(H,32,35)/t18-,20+,22+,23+,24+,25+,26-,30-/m0/s1. The van der Waals surface area contributed by atoms with Crippen LogP contribution in [0.4, 0.5) is 5.69 Å². The quantitative estimate of drug-likeness (QED) is 0.402. The monoisotopic (exact) mass is 523 g/mol. The highest BCUT2D eigenvalue weighted by Crippen LogP contribution is 2.55. The summed E-state index contributed by atoms with van der Waals surface area (Å²) in [7, 11) is 1.62. The van der Waals surface area contributed by atoms with E-state index in [0.717, 1.165) is 30.4 Å². The Balaban J connectivity index is 1.42. The average Bonchev–Trinajstić information content (AvgIpc) is 3.52. The molecule has 4 aliphatic rings. The third-order valence-corrected chi connectivity index (χ3v) is 9.48. The van der Waals surface area contributed by atoms with E-state index >= 15 is 0 Å². The molecule has 1 aliphatic carbocycles. The van der Waals surface area contributed by atoms with Gasteiger partial charge in [0.05, 0.1) is 17.9 Å². The fourth-order valence-electron chi connectivity index (χ4n) is 6.98. The molecule has 1 aromatic carbocycles. The van der Waals surface area contributed by atoms with E-state index in [0.29, 0.717) is 37.1 Å². The summed E-state index contributed by atoms with van der Waals surface area (Å²) in [5, 5.41) is 6.30. The number of carbonyl (C=O) groups excluding carboxylic acids is 3. The molecule has 3 fully saturated rings. The topological polar surface area (TPSA) is 97.0 Å². The summed E-state index contributed by atoms with van der Waals surface area (Å²) in [6, 6.07) is 5.01. The number of aryl methyl sites for hydroxylation is 2. The molecule has 2 saturated heterocycles. The Labute approximate surface area is 225 Å². The molecule has 8 atom stereocenters. The van der Waals surface area contributed by atoms with E-state index in [9.17, 15) is 14.4 Å². The van der Waals surface area contributed by atoms with Crippen molar-refractivity contribution in [1.82, 2.24) is 10.2 Å². The summed E-state index contributed by atoms with van der Waals surface area (Å²) in [5.41, 5.74) is 1.76. The van der Waals surface area contributed by atoms with Gasteiger partial charge in [-0.2, -0.15) is 0 Å². The zero-order valence-corrected chi connectivity index (χ0v) is 23.2. The first kappa shape index (κ1) is 26.9. The van der Waals surface area contributed by atoms with Gasteiger partial charge in [-0.05, 0) is 61.8 Å². The van der Waals surface area contributed by atoms with Crippen molar-refractivity contribution in [3.63, 3.8) is 0 Å². The summed E-state index contributed by atoms with van der Waals surface area (Å²) in [4.78, 5) is 43.2. The Bertz CT molecular complexity index is 1130. The molecule has 0 radical (unpaired) electrons. The van der Waals surface area contributed by atoms with E-state index in [-0.39, 0.29) is 23.8 Å². The number of hydrogen-bond donors (Lipinski definition) is 2. The molecular weight excluding hydrogens is 482 g/mol. The number of fused-ring (bicyclic) bond motifs is 1. The zero-order chi connectivity index (χ0) is 27.2. The Morgan fingerprint density at radius 1 is 1.16 bits per heavy atom. The smallest absolute Gasteiger partial charge is 0.246 e. The van der Waals surface area contributed by atoms with Gasteiger partial charge in [0.25, 0.3) is 0 Å². The predicted octanol–water partition coefficient (Wildman–Crippen LogP) is 3.37. The second-order valence-electron chi connectivity index (χ2n) is 11.7. The Morgan fingerprint density at radius 2 is 1.95 bits per heavy atom. The predicted molar refractivity (Wildman–Crippen MR) is 144 cm³/mol. The normalized spacial score (nSPS) is 35.4. The molecule has 1 spiro atoms. The molecule has 206 valence electrons. The number of hydrogen-bond acceptors (Lipinski definition) is 5. The van der Waals surface area contributed by atoms with Gasteiger partial charge in [0, 0.05) is 32.0 Å². The summed E-state index contributed by atoms with van der Waals surface area (Å²) >= 11 is 0. The molecule has 3 amide bonds. The number of rotatable bonds is 8. The van der Waals surface area contributed by atoms with Crippen LogP contribution in [0.25, 0.3) is 0 Å². The van der Waals surface area contributed by atoms with Crippen LogP contribution in [0.15, 0.2) is 30.4 Å². The van der Waals surface area contributed by atoms with Crippen molar-refractivity contribution in [3.8, 4) is 0 Å². The van der Waals surface area contributed by atoms with E-state index in [1.807, 2.05) is 44.2 Å². The van der Waals surface area contributed by atoms with Gasteiger partial charge in [-0.1, -0.05) is 44.9 Å². The number of amides is 3. The maximum Gasteiger partial charge on any atom is 0.246 e. The van der Waals surface area contributed by atoms with Crippen molar-refractivity contribution in [1.29, 1.82) is 0 Å². The minimum atomic E-state index is -1.15. The number of nitrogens with one attached hydrogen (secondary N) is 2. The largest absolute Gasteiger partial charge is 0.385 e. The SMILES string of the molecule is COCCCN1C(=O)[C@H]2[C@H](C(=O)Nc3ccc(C)c(C)c3)[C@H]3C=C[C@@]2(O3)[C@@H]1C(=O)N[C@@H]1CCC[C@H](C)[C@H]1C. The molecule has 2 N–H and O–H groups in total. The third kappa shape index (κ3) is 4.45. The fraction of sp³-hybridized carbons (Fsp3) is 0.633. The van der Waals surface area contributed by atoms with Crippen LogP contribution in [0.5, 0.6) is 0 Å². The van der Waals surface area contributed by atoms with E-state index in [1.54, 1.807) is 12.0 Å². The van der Waals surface area contributed by atoms with E-state index in [1.165, 1.54) is 0 Å². The van der Waals surface area contributed by atoms with Crippen LogP contribution in [0.3, 0.4) is 0 Å². The van der Waals surface area contributed by atoms with Gasteiger partial charge < -0.3 is 25.0 Å².